The summed E-state index contributed by atoms with van der Waals surface area (Å²) in [6, 6.07) is 0. The molecule has 0 fully saturated rings. The Morgan fingerprint density at radius 2 is 0.875 bits per heavy atom. The molecule has 0 aliphatic rings. The summed E-state index contributed by atoms with van der Waals surface area (Å²) in [4.78, 5) is 0. The second-order valence-corrected chi connectivity index (χ2v) is 6.43. The molecule has 1 atom stereocenters. The molecule has 16 heavy (non-hydrogen) atoms. The molecule has 0 aromatic carbocycles. The van der Waals surface area contributed by atoms with Crippen LogP contribution in [0.15, 0.2) is 0 Å². The van der Waals surface area contributed by atoms with Crippen molar-refractivity contribution in [1.29, 1.82) is 0 Å². The lowest BCUT2D eigenvalue weighted by atomic mass is 10.1. The van der Waals surface area contributed by atoms with Crippen LogP contribution in [0, 0.1) is 0 Å². The van der Waals surface area contributed by atoms with E-state index in [2.05, 4.69) is 13.8 Å². The predicted molar refractivity (Wildman–Crippen MR) is 80.2 cm³/mol. The third-order valence-corrected chi connectivity index (χ3v) is 4.58. The molecule has 1 unspecified atom stereocenters. The van der Waals surface area contributed by atoms with Gasteiger partial charge in [0.25, 0.3) is 0 Å². The van der Waals surface area contributed by atoms with E-state index in [0.717, 1.165) is 0 Å². The summed E-state index contributed by atoms with van der Waals surface area (Å²) >= 11 is 0. The van der Waals surface area contributed by atoms with Crippen LogP contribution < -0.4 is 0 Å². The molecular formula is C15H33P. The zero-order valence-electron chi connectivity index (χ0n) is 11.7. The molecule has 0 aliphatic heterocycles. The molecule has 0 radical (unpaired) electrons. The van der Waals surface area contributed by atoms with E-state index >= 15 is 0 Å². The summed E-state index contributed by atoms with van der Waals surface area (Å²) in [6.07, 6.45) is 19.0. The van der Waals surface area contributed by atoms with Crippen LogP contribution in [0.1, 0.15) is 84.5 Å². The summed E-state index contributed by atoms with van der Waals surface area (Å²) in [5.74, 6) is 0. The molecule has 0 rings (SSSR count). The van der Waals surface area contributed by atoms with Gasteiger partial charge in [0.05, 0.1) is 0 Å². The maximum absolute atomic E-state index is 2.29. The maximum Gasteiger partial charge on any atom is -0.0353 e. The number of unbranched alkanes of at least 4 members (excludes halogenated alkanes) is 9. The first-order valence-corrected chi connectivity index (χ1v) is 9.04. The highest BCUT2D eigenvalue weighted by molar-refractivity contribution is 7.37. The largest absolute Gasteiger partial charge is 0.122 e. The second kappa shape index (κ2) is 15.4. The van der Waals surface area contributed by atoms with E-state index in [4.69, 9.17) is 0 Å². The summed E-state index contributed by atoms with van der Waals surface area (Å²) in [6.45, 7) is 4.58. The molecule has 98 valence electrons. The van der Waals surface area contributed by atoms with Gasteiger partial charge in [0.15, 0.2) is 0 Å². The molecule has 0 aliphatic carbocycles. The van der Waals surface area contributed by atoms with Gasteiger partial charge in [-0.1, -0.05) is 71.6 Å². The molecule has 0 saturated heterocycles. The third-order valence-electron chi connectivity index (χ3n) is 3.16. The van der Waals surface area contributed by atoms with Gasteiger partial charge in [-0.2, -0.15) is 0 Å². The van der Waals surface area contributed by atoms with Crippen molar-refractivity contribution in [2.75, 3.05) is 12.3 Å². The van der Waals surface area contributed by atoms with E-state index in [0.29, 0.717) is 0 Å². The van der Waals surface area contributed by atoms with Crippen LogP contribution in [0.5, 0.6) is 0 Å². The van der Waals surface area contributed by atoms with Crippen LogP contribution in [-0.4, -0.2) is 12.3 Å². The number of hydrogen-bond donors (Lipinski definition) is 0. The van der Waals surface area contributed by atoms with Crippen LogP contribution in [0.4, 0.5) is 0 Å². The highest BCUT2D eigenvalue weighted by atomic mass is 31.1. The predicted octanol–water partition coefficient (Wildman–Crippen LogP) is 6.00. The van der Waals surface area contributed by atoms with Crippen molar-refractivity contribution in [1.82, 2.24) is 0 Å². The van der Waals surface area contributed by atoms with Crippen molar-refractivity contribution in [3.05, 3.63) is 0 Å². The van der Waals surface area contributed by atoms with Crippen molar-refractivity contribution < 1.29 is 0 Å². The minimum Gasteiger partial charge on any atom is -0.122 e. The Balaban J connectivity index is 2.83. The second-order valence-electron chi connectivity index (χ2n) is 4.93. The van der Waals surface area contributed by atoms with Gasteiger partial charge >= 0.3 is 0 Å². The first kappa shape index (κ1) is 16.4. The molecule has 0 bridgehead atoms. The average molecular weight is 244 g/mol. The van der Waals surface area contributed by atoms with E-state index < -0.39 is 0 Å². The summed E-state index contributed by atoms with van der Waals surface area (Å²) < 4.78 is 0. The molecule has 0 saturated carbocycles. The van der Waals surface area contributed by atoms with Crippen molar-refractivity contribution in [3.8, 4) is 0 Å². The Morgan fingerprint density at radius 1 is 0.500 bits per heavy atom. The van der Waals surface area contributed by atoms with Gasteiger partial charge < -0.3 is 0 Å². The molecular weight excluding hydrogens is 211 g/mol. The number of rotatable bonds is 13. The zero-order valence-corrected chi connectivity index (χ0v) is 12.7. The van der Waals surface area contributed by atoms with Gasteiger partial charge in [0, 0.05) is 0 Å². The lowest BCUT2D eigenvalue weighted by Gasteiger charge is -2.02. The molecule has 0 nitrogen and oxygen atoms in total. The van der Waals surface area contributed by atoms with Crippen molar-refractivity contribution >= 4 is 8.58 Å². The topological polar surface area (TPSA) is 0 Å². The highest BCUT2D eigenvalue weighted by Crippen LogP contribution is 2.17. The number of hydrogen-bond acceptors (Lipinski definition) is 0. The SMILES string of the molecule is CCCCCCCCPCCCCCCC. The fraction of sp³-hybridized carbons (Fsp3) is 1.00. The van der Waals surface area contributed by atoms with Gasteiger partial charge in [0.1, 0.15) is 0 Å². The van der Waals surface area contributed by atoms with E-state index in [1.54, 1.807) is 0 Å². The van der Waals surface area contributed by atoms with Crippen LogP contribution >= 0.6 is 8.58 Å². The van der Waals surface area contributed by atoms with E-state index in [9.17, 15) is 0 Å². The van der Waals surface area contributed by atoms with Crippen LogP contribution in [0.3, 0.4) is 0 Å². The minimum atomic E-state index is 1.26. The Labute approximate surface area is 106 Å². The van der Waals surface area contributed by atoms with Gasteiger partial charge in [-0.15, -0.1) is 8.58 Å². The zero-order chi connectivity index (χ0) is 11.9. The van der Waals surface area contributed by atoms with Gasteiger partial charge in [-0.3, -0.25) is 0 Å². The third kappa shape index (κ3) is 14.4. The van der Waals surface area contributed by atoms with Crippen LogP contribution in [0.25, 0.3) is 0 Å². The molecule has 0 heterocycles. The van der Waals surface area contributed by atoms with E-state index in [-0.39, 0.29) is 0 Å². The highest BCUT2D eigenvalue weighted by Gasteiger charge is 1.92. The summed E-state index contributed by atoms with van der Waals surface area (Å²) in [5.41, 5.74) is 0. The van der Waals surface area contributed by atoms with Gasteiger partial charge in [-0.25, -0.2) is 0 Å². The van der Waals surface area contributed by atoms with Gasteiger partial charge in [-0.05, 0) is 25.2 Å². The Bertz CT molecular complexity index is 98.0. The lowest BCUT2D eigenvalue weighted by molar-refractivity contribution is 0.626. The average Bonchev–Trinajstić information content (AvgIpc) is 2.31. The summed E-state index contributed by atoms with van der Waals surface area (Å²) in [5, 5.41) is 0. The van der Waals surface area contributed by atoms with Crippen LogP contribution in [0.2, 0.25) is 0 Å². The van der Waals surface area contributed by atoms with Gasteiger partial charge in [0.2, 0.25) is 0 Å². The molecule has 0 aromatic rings. The fourth-order valence-electron chi connectivity index (χ4n) is 2.01. The normalized spacial score (nSPS) is 11.6. The first-order valence-electron chi connectivity index (χ1n) is 7.62. The molecule has 0 aromatic heterocycles. The van der Waals surface area contributed by atoms with E-state index in [1.165, 1.54) is 91.5 Å². The van der Waals surface area contributed by atoms with Crippen molar-refractivity contribution in [3.63, 3.8) is 0 Å². The van der Waals surface area contributed by atoms with Crippen LogP contribution in [-0.2, 0) is 0 Å². The maximum atomic E-state index is 2.29. The lowest BCUT2D eigenvalue weighted by Crippen LogP contribution is -1.84. The standard InChI is InChI=1S/C15H33P/c1-3-5-7-9-11-13-15-16-14-12-10-8-6-4-2/h16H,3-15H2,1-2H3. The first-order chi connectivity index (χ1) is 7.91. The van der Waals surface area contributed by atoms with Crippen molar-refractivity contribution in [2.45, 2.75) is 84.5 Å². The Morgan fingerprint density at radius 3 is 1.31 bits per heavy atom. The molecule has 0 spiro atoms. The molecule has 0 N–H and O–H groups in total. The molecule has 1 heteroatoms. The Kier molecular flexibility index (Phi) is 15.8. The minimum absolute atomic E-state index is 1.26. The summed E-state index contributed by atoms with van der Waals surface area (Å²) in [7, 11) is 1.26. The quantitative estimate of drug-likeness (QED) is 0.275. The van der Waals surface area contributed by atoms with E-state index in [1.807, 2.05) is 0 Å². The fourth-order valence-corrected chi connectivity index (χ4v) is 3.26. The smallest absolute Gasteiger partial charge is 0.0353 e. The molecule has 0 amide bonds. The monoisotopic (exact) mass is 244 g/mol. The Hall–Kier alpha value is 0.430. The van der Waals surface area contributed by atoms with Crippen molar-refractivity contribution in [2.24, 2.45) is 0 Å².